The zero-order valence-corrected chi connectivity index (χ0v) is 22.9. The van der Waals surface area contributed by atoms with Crippen LogP contribution in [-0.2, 0) is 23.6 Å². The summed E-state index contributed by atoms with van der Waals surface area (Å²) in [5.41, 5.74) is -3.25. The van der Waals surface area contributed by atoms with Crippen molar-refractivity contribution in [1.82, 2.24) is 24.4 Å². The third-order valence-corrected chi connectivity index (χ3v) is 6.62. The van der Waals surface area contributed by atoms with Gasteiger partial charge in [-0.15, -0.1) is 0 Å². The predicted molar refractivity (Wildman–Crippen MR) is 137 cm³/mol. The van der Waals surface area contributed by atoms with Crippen molar-refractivity contribution in [2.45, 2.75) is 77.1 Å². The van der Waals surface area contributed by atoms with Crippen molar-refractivity contribution in [3.05, 3.63) is 66.0 Å². The Labute approximate surface area is 233 Å². The van der Waals surface area contributed by atoms with Gasteiger partial charge < -0.3 is 19.1 Å². The van der Waals surface area contributed by atoms with Gasteiger partial charge in [-0.05, 0) is 57.4 Å². The summed E-state index contributed by atoms with van der Waals surface area (Å²) < 4.78 is 88.7. The second-order valence-electron chi connectivity index (χ2n) is 10.8. The number of amides is 1. The maximum Gasteiger partial charge on any atom is 0.416 e. The molecule has 0 saturated carbocycles. The first-order valence-corrected chi connectivity index (χ1v) is 12.9. The van der Waals surface area contributed by atoms with Gasteiger partial charge in [0.15, 0.2) is 0 Å². The lowest BCUT2D eigenvalue weighted by Gasteiger charge is -2.30. The molecule has 0 radical (unpaired) electrons. The molecule has 1 aliphatic heterocycles. The molecular formula is C27H30F6N6O2. The van der Waals surface area contributed by atoms with E-state index in [1.165, 1.54) is 23.6 Å². The number of carbonyl (C=O) groups excluding carboxylic acids is 1. The molecule has 8 nitrogen and oxygen atoms in total. The molecule has 0 spiro atoms. The molecule has 1 saturated heterocycles. The first kappa shape index (κ1) is 30.1. The van der Waals surface area contributed by atoms with E-state index in [0.29, 0.717) is 30.7 Å². The van der Waals surface area contributed by atoms with Crippen LogP contribution in [0.1, 0.15) is 57.2 Å². The average Bonchev–Trinajstić information content (AvgIpc) is 3.56. The molecule has 4 rings (SSSR count). The molecular weight excluding hydrogens is 554 g/mol. The number of likely N-dealkylation sites (tertiary alicyclic amines) is 1. The molecule has 222 valence electrons. The molecule has 0 N–H and O–H groups in total. The number of hydrogen-bond donors (Lipinski definition) is 0. The summed E-state index contributed by atoms with van der Waals surface area (Å²) in [5.74, 6) is 0.0886. The lowest BCUT2D eigenvalue weighted by molar-refractivity contribution is -0.143. The lowest BCUT2D eigenvalue weighted by atomic mass is 10.0. The van der Waals surface area contributed by atoms with Gasteiger partial charge in [-0.1, -0.05) is 6.92 Å². The van der Waals surface area contributed by atoms with Crippen molar-refractivity contribution in [2.75, 3.05) is 11.4 Å². The molecule has 2 aromatic heterocycles. The molecule has 0 aliphatic carbocycles. The minimum atomic E-state index is -4.99. The summed E-state index contributed by atoms with van der Waals surface area (Å²) in [6.07, 6.45) is -1.89. The number of hydrogen-bond acceptors (Lipinski definition) is 6. The zero-order valence-electron chi connectivity index (χ0n) is 22.9. The van der Waals surface area contributed by atoms with E-state index < -0.39 is 41.2 Å². The number of anilines is 1. The van der Waals surface area contributed by atoms with Gasteiger partial charge in [0.2, 0.25) is 5.95 Å². The predicted octanol–water partition coefficient (Wildman–Crippen LogP) is 6.49. The normalized spacial score (nSPS) is 18.0. The molecule has 1 amide bonds. The number of aromatic nitrogens is 4. The third-order valence-electron chi connectivity index (χ3n) is 6.62. The van der Waals surface area contributed by atoms with Crippen molar-refractivity contribution >= 4 is 12.0 Å². The van der Waals surface area contributed by atoms with Gasteiger partial charge in [0, 0.05) is 31.5 Å². The zero-order chi connectivity index (χ0) is 30.2. The highest BCUT2D eigenvalue weighted by Gasteiger charge is 2.41. The van der Waals surface area contributed by atoms with Gasteiger partial charge in [0.1, 0.15) is 5.60 Å². The van der Waals surface area contributed by atoms with Gasteiger partial charge in [0.25, 0.3) is 0 Å². The van der Waals surface area contributed by atoms with Crippen molar-refractivity contribution in [1.29, 1.82) is 0 Å². The molecule has 1 aromatic carbocycles. The highest BCUT2D eigenvalue weighted by atomic mass is 19.4. The fourth-order valence-electron chi connectivity index (χ4n) is 4.73. The second-order valence-corrected chi connectivity index (χ2v) is 10.8. The van der Waals surface area contributed by atoms with Crippen molar-refractivity contribution in [2.24, 2.45) is 0 Å². The van der Waals surface area contributed by atoms with Crippen LogP contribution in [0.5, 0.6) is 0 Å². The largest absolute Gasteiger partial charge is 0.444 e. The van der Waals surface area contributed by atoms with Crippen LogP contribution in [0.25, 0.3) is 5.69 Å². The molecule has 41 heavy (non-hydrogen) atoms. The quantitative estimate of drug-likeness (QED) is 0.308. The van der Waals surface area contributed by atoms with E-state index in [-0.39, 0.29) is 36.7 Å². The van der Waals surface area contributed by atoms with Crippen LogP contribution in [0, 0.1) is 0 Å². The summed E-state index contributed by atoms with van der Waals surface area (Å²) in [7, 11) is 0. The maximum absolute atomic E-state index is 13.6. The average molecular weight is 585 g/mol. The van der Waals surface area contributed by atoms with E-state index in [2.05, 4.69) is 15.0 Å². The minimum absolute atomic E-state index is 0.0886. The number of ether oxygens (including phenoxy) is 1. The number of imidazole rings is 1. The van der Waals surface area contributed by atoms with E-state index in [1.54, 1.807) is 42.6 Å². The van der Waals surface area contributed by atoms with E-state index in [0.717, 1.165) is 0 Å². The van der Waals surface area contributed by atoms with Crippen LogP contribution in [-0.4, -0.2) is 54.7 Å². The Morgan fingerprint density at radius 2 is 1.63 bits per heavy atom. The number of nitrogens with zero attached hydrogens (tertiary/aromatic N) is 6. The van der Waals surface area contributed by atoms with Crippen molar-refractivity contribution in [3.63, 3.8) is 0 Å². The number of carbonyl (C=O) groups is 1. The van der Waals surface area contributed by atoms with Crippen molar-refractivity contribution in [3.8, 4) is 5.69 Å². The third kappa shape index (κ3) is 7.27. The highest BCUT2D eigenvalue weighted by Crippen LogP contribution is 2.37. The molecule has 1 aliphatic rings. The van der Waals surface area contributed by atoms with E-state index in [9.17, 15) is 31.1 Å². The van der Waals surface area contributed by atoms with Crippen LogP contribution >= 0.6 is 0 Å². The first-order chi connectivity index (χ1) is 19.0. The highest BCUT2D eigenvalue weighted by molar-refractivity contribution is 5.69. The molecule has 3 aromatic rings. The number of benzene rings is 1. The Bertz CT molecular complexity index is 1300. The van der Waals surface area contributed by atoms with Gasteiger partial charge in [-0.2, -0.15) is 26.3 Å². The SMILES string of the molecule is CC[C@@H]1C[C@H](N(Cc2cc(C(F)(F)F)cc(C(F)(F)F)c2)c2ncc(-n3ccnc3)cn2)CN1C(=O)OC(C)(C)C. The number of halogens is 6. The fraction of sp³-hybridized carbons (Fsp3) is 0.481. The molecule has 3 heterocycles. The number of rotatable bonds is 6. The van der Waals surface area contributed by atoms with Gasteiger partial charge in [0.05, 0.1) is 41.6 Å². The van der Waals surface area contributed by atoms with Crippen molar-refractivity contribution < 1.29 is 35.9 Å². The molecule has 0 unspecified atom stereocenters. The van der Waals surface area contributed by atoms with Crippen LogP contribution in [0.15, 0.2) is 49.3 Å². The molecule has 14 heteroatoms. The Morgan fingerprint density at radius 1 is 1.02 bits per heavy atom. The Hall–Kier alpha value is -3.84. The van der Waals surface area contributed by atoms with E-state index in [1.807, 2.05) is 6.92 Å². The molecule has 2 atom stereocenters. The van der Waals surface area contributed by atoms with Gasteiger partial charge in [-0.25, -0.2) is 19.7 Å². The maximum atomic E-state index is 13.6. The minimum Gasteiger partial charge on any atom is -0.444 e. The van der Waals surface area contributed by atoms with E-state index >= 15 is 0 Å². The summed E-state index contributed by atoms with van der Waals surface area (Å²) in [4.78, 5) is 28.8. The van der Waals surface area contributed by atoms with Crippen LogP contribution in [0.4, 0.5) is 37.1 Å². The fourth-order valence-corrected chi connectivity index (χ4v) is 4.73. The Morgan fingerprint density at radius 3 is 2.12 bits per heavy atom. The van der Waals surface area contributed by atoms with Gasteiger partial charge in [-0.3, -0.25) is 0 Å². The smallest absolute Gasteiger partial charge is 0.416 e. The second kappa shape index (κ2) is 11.2. The van der Waals surface area contributed by atoms with Crippen LogP contribution in [0.2, 0.25) is 0 Å². The summed E-state index contributed by atoms with van der Waals surface area (Å²) >= 11 is 0. The summed E-state index contributed by atoms with van der Waals surface area (Å²) in [5, 5.41) is 0. The Balaban J connectivity index is 1.73. The van der Waals surface area contributed by atoms with E-state index in [4.69, 9.17) is 4.74 Å². The standard InChI is InChI=1S/C27H30F6N6O2/c1-5-20-11-21(15-39(20)24(40)41-25(2,3)4)38(23-35-12-22(13-36-23)37-7-6-34-16-37)14-17-8-18(26(28,29)30)10-19(9-17)27(31,32)33/h6-10,12-13,16,20-21H,5,11,14-15H2,1-4H3/t20-,21+/m1/s1. The number of alkyl halides is 6. The monoisotopic (exact) mass is 584 g/mol. The topological polar surface area (TPSA) is 76.4 Å². The van der Waals surface area contributed by atoms with Crippen LogP contribution < -0.4 is 4.90 Å². The molecule has 1 fully saturated rings. The van der Waals surface area contributed by atoms with Gasteiger partial charge >= 0.3 is 18.4 Å². The Kier molecular flexibility index (Phi) is 8.23. The molecule has 0 bridgehead atoms. The first-order valence-electron chi connectivity index (χ1n) is 12.9. The summed E-state index contributed by atoms with van der Waals surface area (Å²) in [6, 6.07) is 0.696. The van der Waals surface area contributed by atoms with Crippen LogP contribution in [0.3, 0.4) is 0 Å². The summed E-state index contributed by atoms with van der Waals surface area (Å²) in [6.45, 7) is 6.83. The lowest BCUT2D eigenvalue weighted by Crippen LogP contribution is -2.42.